The summed E-state index contributed by atoms with van der Waals surface area (Å²) in [7, 11) is 0. The number of hydrogen-bond acceptors (Lipinski definition) is 3. The molecule has 5 nitrogen and oxygen atoms in total. The number of rotatable bonds is 3. The number of aromatic nitrogens is 1. The molecule has 1 aromatic rings. The van der Waals surface area contributed by atoms with Gasteiger partial charge in [-0.15, -0.1) is 0 Å². The molecular weight excluding hydrogens is 206 g/mol. The summed E-state index contributed by atoms with van der Waals surface area (Å²) in [4.78, 5) is 23.0. The molecule has 0 bridgehead atoms. The topological polar surface area (TPSA) is 77.1 Å². The van der Waals surface area contributed by atoms with Gasteiger partial charge in [-0.05, 0) is 25.8 Å². The summed E-state index contributed by atoms with van der Waals surface area (Å²) in [5, 5.41) is 2.89. The molecule has 2 rings (SSSR count). The summed E-state index contributed by atoms with van der Waals surface area (Å²) in [5.74, 6) is -0.146. The maximum atomic E-state index is 11.6. The molecule has 0 radical (unpaired) electrons. The van der Waals surface area contributed by atoms with E-state index in [0.29, 0.717) is 5.69 Å². The highest BCUT2D eigenvalue weighted by Crippen LogP contribution is 2.34. The Morgan fingerprint density at radius 1 is 1.56 bits per heavy atom. The normalized spacial score (nSPS) is 16.8. The second kappa shape index (κ2) is 3.66. The minimum atomic E-state index is -0.217. The lowest BCUT2D eigenvalue weighted by Crippen LogP contribution is -2.38. The summed E-state index contributed by atoms with van der Waals surface area (Å²) in [6.45, 7) is 2.02. The number of nitrogens with zero attached hydrogens (tertiary/aromatic N) is 1. The smallest absolute Gasteiger partial charge is 0.251 e. The highest BCUT2D eigenvalue weighted by atomic mass is 16.2. The lowest BCUT2D eigenvalue weighted by molar-refractivity contribution is -0.122. The third kappa shape index (κ3) is 2.42. The van der Waals surface area contributed by atoms with Gasteiger partial charge in [0.25, 0.3) is 5.56 Å². The maximum absolute atomic E-state index is 11.6. The van der Waals surface area contributed by atoms with Crippen LogP contribution >= 0.6 is 0 Å². The van der Waals surface area contributed by atoms with Gasteiger partial charge in [0.2, 0.25) is 5.91 Å². The van der Waals surface area contributed by atoms with Crippen molar-refractivity contribution in [3.05, 3.63) is 28.7 Å². The lowest BCUT2D eigenvalue weighted by atomic mass is 10.3. The van der Waals surface area contributed by atoms with E-state index in [1.54, 1.807) is 0 Å². The Morgan fingerprint density at radius 2 is 2.25 bits per heavy atom. The minimum Gasteiger partial charge on any atom is -0.398 e. The Morgan fingerprint density at radius 3 is 2.88 bits per heavy atom. The molecule has 0 aliphatic heterocycles. The molecule has 86 valence electrons. The Kier molecular flexibility index (Phi) is 2.46. The average molecular weight is 221 g/mol. The first kappa shape index (κ1) is 10.7. The third-order valence-electron chi connectivity index (χ3n) is 2.76. The number of pyridine rings is 1. The number of hydrogen-bond donors (Lipinski definition) is 2. The van der Waals surface area contributed by atoms with Crippen LogP contribution < -0.4 is 16.6 Å². The molecule has 1 aliphatic carbocycles. The molecular formula is C11H15N3O2. The van der Waals surface area contributed by atoms with Crippen LogP contribution in [-0.2, 0) is 11.3 Å². The van der Waals surface area contributed by atoms with Crippen LogP contribution in [-0.4, -0.2) is 16.0 Å². The first-order chi connectivity index (χ1) is 7.48. The highest BCUT2D eigenvalue weighted by Gasteiger charge is 2.38. The fourth-order valence-electron chi connectivity index (χ4n) is 1.52. The molecule has 0 aromatic carbocycles. The molecule has 1 fully saturated rings. The number of carbonyl (C=O) groups is 1. The summed E-state index contributed by atoms with van der Waals surface area (Å²) in [5.41, 5.74) is 5.76. The summed E-state index contributed by atoms with van der Waals surface area (Å²) < 4.78 is 1.32. The van der Waals surface area contributed by atoms with Crippen molar-refractivity contribution in [3.8, 4) is 0 Å². The molecule has 5 heteroatoms. The minimum absolute atomic E-state index is 0.0272. The van der Waals surface area contributed by atoms with Crippen LogP contribution in [0.5, 0.6) is 0 Å². The van der Waals surface area contributed by atoms with Crippen molar-refractivity contribution >= 4 is 11.6 Å². The molecule has 1 amide bonds. The van der Waals surface area contributed by atoms with E-state index in [2.05, 4.69) is 5.32 Å². The molecule has 0 unspecified atom stereocenters. The second-order valence-corrected chi connectivity index (χ2v) is 4.54. The monoisotopic (exact) mass is 221 g/mol. The molecule has 16 heavy (non-hydrogen) atoms. The van der Waals surface area contributed by atoms with Crippen LogP contribution in [0, 0.1) is 0 Å². The molecule has 1 saturated carbocycles. The van der Waals surface area contributed by atoms with Crippen LogP contribution in [0.3, 0.4) is 0 Å². The van der Waals surface area contributed by atoms with Gasteiger partial charge in [0.05, 0.1) is 0 Å². The van der Waals surface area contributed by atoms with E-state index in [1.165, 1.54) is 22.9 Å². The van der Waals surface area contributed by atoms with E-state index < -0.39 is 0 Å². The quantitative estimate of drug-likeness (QED) is 0.760. The van der Waals surface area contributed by atoms with E-state index >= 15 is 0 Å². The lowest BCUT2D eigenvalue weighted by Gasteiger charge is -2.12. The fraction of sp³-hybridized carbons (Fsp3) is 0.455. The van der Waals surface area contributed by atoms with E-state index in [9.17, 15) is 9.59 Å². The summed E-state index contributed by atoms with van der Waals surface area (Å²) in [6, 6.07) is 2.89. The first-order valence-electron chi connectivity index (χ1n) is 5.25. The molecule has 1 heterocycles. The number of nitrogen functional groups attached to an aromatic ring is 1. The molecule has 1 aliphatic rings. The van der Waals surface area contributed by atoms with Gasteiger partial charge in [-0.1, -0.05) is 0 Å². The molecule has 3 N–H and O–H groups in total. The van der Waals surface area contributed by atoms with Gasteiger partial charge in [-0.2, -0.15) is 0 Å². The Balaban J connectivity index is 2.05. The zero-order valence-corrected chi connectivity index (χ0v) is 9.19. The zero-order chi connectivity index (χ0) is 11.8. The van der Waals surface area contributed by atoms with Crippen molar-refractivity contribution < 1.29 is 4.79 Å². The largest absolute Gasteiger partial charge is 0.398 e. The Bertz CT molecular complexity index is 474. The first-order valence-corrected chi connectivity index (χ1v) is 5.25. The summed E-state index contributed by atoms with van der Waals surface area (Å²) in [6.07, 6.45) is 3.49. The van der Waals surface area contributed by atoms with Gasteiger partial charge in [0.15, 0.2) is 0 Å². The molecule has 0 atom stereocenters. The van der Waals surface area contributed by atoms with E-state index in [0.717, 1.165) is 12.8 Å². The Labute approximate surface area is 93.3 Å². The number of carbonyl (C=O) groups excluding carboxylic acids is 1. The standard InChI is InChI=1S/C11H15N3O2/c1-11(4-5-11)13-9(15)7-14-6-8(12)2-3-10(14)16/h2-3,6H,4-5,7,12H2,1H3,(H,13,15). The predicted molar refractivity (Wildman–Crippen MR) is 60.9 cm³/mol. The van der Waals surface area contributed by atoms with Crippen LogP contribution in [0.15, 0.2) is 23.1 Å². The molecule has 0 saturated heterocycles. The Hall–Kier alpha value is -1.78. The van der Waals surface area contributed by atoms with Crippen molar-refractivity contribution in [2.24, 2.45) is 0 Å². The predicted octanol–water partition coefficient (Wildman–Crippen LogP) is 0.0992. The number of nitrogens with one attached hydrogen (secondary N) is 1. The van der Waals surface area contributed by atoms with E-state index in [4.69, 9.17) is 5.73 Å². The van der Waals surface area contributed by atoms with Crippen LogP contribution in [0.25, 0.3) is 0 Å². The van der Waals surface area contributed by atoms with Gasteiger partial charge >= 0.3 is 0 Å². The molecule has 1 aromatic heterocycles. The van der Waals surface area contributed by atoms with Gasteiger partial charge in [-0.3, -0.25) is 9.59 Å². The molecule has 0 spiro atoms. The zero-order valence-electron chi connectivity index (χ0n) is 9.19. The van der Waals surface area contributed by atoms with Gasteiger partial charge in [-0.25, -0.2) is 0 Å². The number of nitrogens with two attached hydrogens (primary N) is 1. The van der Waals surface area contributed by atoms with Crippen molar-refractivity contribution in [1.82, 2.24) is 9.88 Å². The van der Waals surface area contributed by atoms with Crippen LogP contribution in [0.2, 0.25) is 0 Å². The van der Waals surface area contributed by atoms with Gasteiger partial charge in [0, 0.05) is 23.5 Å². The van der Waals surface area contributed by atoms with Crippen LogP contribution in [0.4, 0.5) is 5.69 Å². The summed E-state index contributed by atoms with van der Waals surface area (Å²) >= 11 is 0. The highest BCUT2D eigenvalue weighted by molar-refractivity contribution is 5.77. The van der Waals surface area contributed by atoms with Gasteiger partial charge < -0.3 is 15.6 Å². The fourth-order valence-corrected chi connectivity index (χ4v) is 1.52. The average Bonchev–Trinajstić information content (AvgIpc) is 2.89. The van der Waals surface area contributed by atoms with Crippen molar-refractivity contribution in [2.75, 3.05) is 5.73 Å². The third-order valence-corrected chi connectivity index (χ3v) is 2.76. The number of anilines is 1. The van der Waals surface area contributed by atoms with E-state index in [-0.39, 0.29) is 23.6 Å². The van der Waals surface area contributed by atoms with Crippen LogP contribution in [0.1, 0.15) is 19.8 Å². The number of amides is 1. The van der Waals surface area contributed by atoms with Crippen molar-refractivity contribution in [1.29, 1.82) is 0 Å². The van der Waals surface area contributed by atoms with E-state index in [1.807, 2.05) is 6.92 Å². The maximum Gasteiger partial charge on any atom is 0.251 e. The van der Waals surface area contributed by atoms with Crippen molar-refractivity contribution in [2.45, 2.75) is 31.8 Å². The van der Waals surface area contributed by atoms with Crippen molar-refractivity contribution in [3.63, 3.8) is 0 Å². The SMILES string of the molecule is CC1(NC(=O)Cn2cc(N)ccc2=O)CC1. The second-order valence-electron chi connectivity index (χ2n) is 4.54. The van der Waals surface area contributed by atoms with Gasteiger partial charge in [0.1, 0.15) is 6.54 Å².